The van der Waals surface area contributed by atoms with Crippen molar-refractivity contribution in [3.63, 3.8) is 0 Å². The summed E-state index contributed by atoms with van der Waals surface area (Å²) < 4.78 is 1.83. The minimum atomic E-state index is 0.0593. The number of amides is 1. The fourth-order valence-corrected chi connectivity index (χ4v) is 4.01. The van der Waals surface area contributed by atoms with Crippen LogP contribution in [0.1, 0.15) is 44.6 Å². The molecule has 2 aliphatic rings. The van der Waals surface area contributed by atoms with E-state index in [1.807, 2.05) is 23.4 Å². The summed E-state index contributed by atoms with van der Waals surface area (Å²) in [6, 6.07) is 1.99. The summed E-state index contributed by atoms with van der Waals surface area (Å²) in [5.74, 6) is 1.13. The molecule has 1 saturated heterocycles. The number of fused-ring (bicyclic) bond motifs is 1. The highest BCUT2D eigenvalue weighted by Crippen LogP contribution is 2.40. The van der Waals surface area contributed by atoms with E-state index in [0.29, 0.717) is 12.6 Å². The molecule has 25 heavy (non-hydrogen) atoms. The van der Waals surface area contributed by atoms with E-state index in [1.165, 1.54) is 0 Å². The molecule has 6 heteroatoms. The van der Waals surface area contributed by atoms with Gasteiger partial charge in [-0.2, -0.15) is 0 Å². The normalized spacial score (nSPS) is 23.4. The fourth-order valence-electron chi connectivity index (χ4n) is 4.01. The SMILES string of the molecule is Cc1cc(=O)n2c(n1)CCC1(CCN(C(=O)CN(C)C(C)C)C1)CC2. The van der Waals surface area contributed by atoms with Gasteiger partial charge in [0, 0.05) is 43.9 Å². The second-order valence-electron chi connectivity index (χ2n) is 8.13. The van der Waals surface area contributed by atoms with Crippen molar-refractivity contribution in [1.82, 2.24) is 19.4 Å². The summed E-state index contributed by atoms with van der Waals surface area (Å²) in [7, 11) is 2.00. The van der Waals surface area contributed by atoms with Gasteiger partial charge in [0.05, 0.1) is 6.54 Å². The van der Waals surface area contributed by atoms with Gasteiger partial charge in [0.2, 0.25) is 5.91 Å². The molecule has 0 radical (unpaired) electrons. The first-order valence-corrected chi connectivity index (χ1v) is 9.35. The number of likely N-dealkylation sites (tertiary alicyclic amines) is 1. The second-order valence-corrected chi connectivity index (χ2v) is 8.13. The number of carbonyl (C=O) groups excluding carboxylic acids is 1. The van der Waals surface area contributed by atoms with E-state index >= 15 is 0 Å². The van der Waals surface area contributed by atoms with Crippen LogP contribution in [-0.2, 0) is 17.8 Å². The van der Waals surface area contributed by atoms with E-state index < -0.39 is 0 Å². The number of aryl methyl sites for hydroxylation is 2. The molecule has 0 saturated carbocycles. The Hall–Kier alpha value is -1.69. The molecule has 3 heterocycles. The number of carbonyl (C=O) groups is 1. The highest BCUT2D eigenvalue weighted by atomic mass is 16.2. The van der Waals surface area contributed by atoms with Crippen molar-refractivity contribution in [3.8, 4) is 0 Å². The molecule has 3 rings (SSSR count). The maximum Gasteiger partial charge on any atom is 0.253 e. The van der Waals surface area contributed by atoms with Gasteiger partial charge in [0.1, 0.15) is 5.82 Å². The smallest absolute Gasteiger partial charge is 0.253 e. The van der Waals surface area contributed by atoms with Gasteiger partial charge in [0.25, 0.3) is 5.56 Å². The molecule has 0 bridgehead atoms. The van der Waals surface area contributed by atoms with Crippen molar-refractivity contribution < 1.29 is 4.79 Å². The molecule has 0 N–H and O–H groups in total. The number of rotatable bonds is 3. The van der Waals surface area contributed by atoms with Gasteiger partial charge < -0.3 is 4.90 Å². The van der Waals surface area contributed by atoms with Crippen molar-refractivity contribution in [2.45, 2.75) is 59.0 Å². The topological polar surface area (TPSA) is 58.4 Å². The standard InChI is InChI=1S/C19H30N4O2/c1-14(2)21(4)12-18(25)22-9-7-19(13-22)6-5-16-20-15(3)11-17(24)23(16)10-8-19/h11,14H,5-10,12-13H2,1-4H3. The second kappa shape index (κ2) is 6.90. The minimum Gasteiger partial charge on any atom is -0.341 e. The fraction of sp³-hybridized carbons (Fsp3) is 0.737. The zero-order valence-corrected chi connectivity index (χ0v) is 15.9. The molecule has 1 amide bonds. The van der Waals surface area contributed by atoms with E-state index in [4.69, 9.17) is 0 Å². The molecule has 138 valence electrons. The highest BCUT2D eigenvalue weighted by Gasteiger charge is 2.41. The number of likely N-dealkylation sites (N-methyl/N-ethyl adjacent to an activating group) is 1. The minimum absolute atomic E-state index is 0.0593. The molecule has 1 aromatic heterocycles. The van der Waals surface area contributed by atoms with Crippen LogP contribution >= 0.6 is 0 Å². The van der Waals surface area contributed by atoms with Crippen LogP contribution in [0.25, 0.3) is 0 Å². The summed E-state index contributed by atoms with van der Waals surface area (Å²) in [6.45, 7) is 8.94. The first-order chi connectivity index (χ1) is 11.8. The molecule has 1 unspecified atom stereocenters. The first kappa shape index (κ1) is 18.1. The van der Waals surface area contributed by atoms with Gasteiger partial charge in [-0.05, 0) is 52.5 Å². The zero-order chi connectivity index (χ0) is 18.2. The van der Waals surface area contributed by atoms with Crippen LogP contribution < -0.4 is 5.56 Å². The Balaban J connectivity index is 1.68. The predicted octanol–water partition coefficient (Wildman–Crippen LogP) is 1.45. The Morgan fingerprint density at radius 3 is 2.76 bits per heavy atom. The summed E-state index contributed by atoms with van der Waals surface area (Å²) in [6.07, 6.45) is 3.82. The summed E-state index contributed by atoms with van der Waals surface area (Å²) in [5.41, 5.74) is 0.997. The molecule has 0 aliphatic carbocycles. The van der Waals surface area contributed by atoms with E-state index in [0.717, 1.165) is 56.8 Å². The Morgan fingerprint density at radius 1 is 1.32 bits per heavy atom. The third-order valence-electron chi connectivity index (χ3n) is 6.02. The maximum absolute atomic E-state index is 12.6. The third-order valence-corrected chi connectivity index (χ3v) is 6.02. The van der Waals surface area contributed by atoms with Crippen molar-refractivity contribution >= 4 is 5.91 Å². The Labute approximate surface area is 149 Å². The first-order valence-electron chi connectivity index (χ1n) is 9.35. The van der Waals surface area contributed by atoms with Crippen LogP contribution in [-0.4, -0.2) is 58.0 Å². The number of hydrogen-bond acceptors (Lipinski definition) is 4. The lowest BCUT2D eigenvalue weighted by molar-refractivity contribution is -0.131. The van der Waals surface area contributed by atoms with Crippen molar-refractivity contribution in [2.24, 2.45) is 5.41 Å². The average molecular weight is 346 g/mol. The number of aromatic nitrogens is 2. The van der Waals surface area contributed by atoms with Gasteiger partial charge in [-0.1, -0.05) is 0 Å². The zero-order valence-electron chi connectivity index (χ0n) is 15.9. The summed E-state index contributed by atoms with van der Waals surface area (Å²) in [5, 5.41) is 0. The van der Waals surface area contributed by atoms with E-state index in [9.17, 15) is 9.59 Å². The molecule has 0 aromatic carbocycles. The van der Waals surface area contributed by atoms with Gasteiger partial charge in [-0.15, -0.1) is 0 Å². The van der Waals surface area contributed by atoms with Gasteiger partial charge >= 0.3 is 0 Å². The molecule has 1 atom stereocenters. The lowest BCUT2D eigenvalue weighted by Gasteiger charge is -2.28. The van der Waals surface area contributed by atoms with Crippen LogP contribution in [0.3, 0.4) is 0 Å². The van der Waals surface area contributed by atoms with Gasteiger partial charge in [0.15, 0.2) is 0 Å². The molecule has 2 aliphatic heterocycles. The predicted molar refractivity (Wildman–Crippen MR) is 97.6 cm³/mol. The highest BCUT2D eigenvalue weighted by molar-refractivity contribution is 5.78. The van der Waals surface area contributed by atoms with Crippen LogP contribution in [0, 0.1) is 12.3 Å². The van der Waals surface area contributed by atoms with Gasteiger partial charge in [-0.25, -0.2) is 4.98 Å². The van der Waals surface area contributed by atoms with Crippen LogP contribution in [0.2, 0.25) is 0 Å². The van der Waals surface area contributed by atoms with Crippen molar-refractivity contribution in [1.29, 1.82) is 0 Å². The monoisotopic (exact) mass is 346 g/mol. The number of nitrogens with zero attached hydrogens (tertiary/aromatic N) is 4. The molecule has 1 fully saturated rings. The quantitative estimate of drug-likeness (QED) is 0.831. The maximum atomic E-state index is 12.6. The molecular formula is C19H30N4O2. The van der Waals surface area contributed by atoms with E-state index in [2.05, 4.69) is 23.7 Å². The van der Waals surface area contributed by atoms with Crippen molar-refractivity contribution in [3.05, 3.63) is 27.9 Å². The Bertz CT molecular complexity index is 712. The third kappa shape index (κ3) is 3.78. The molecule has 1 spiro atoms. The Morgan fingerprint density at radius 2 is 2.04 bits per heavy atom. The average Bonchev–Trinajstić information content (AvgIpc) is 2.87. The van der Waals surface area contributed by atoms with Gasteiger partial charge in [-0.3, -0.25) is 19.1 Å². The lowest BCUT2D eigenvalue weighted by Crippen LogP contribution is -2.41. The lowest BCUT2D eigenvalue weighted by atomic mass is 9.80. The number of hydrogen-bond donors (Lipinski definition) is 0. The summed E-state index contributed by atoms with van der Waals surface area (Å²) in [4.78, 5) is 33.5. The molecular weight excluding hydrogens is 316 g/mol. The molecule has 6 nitrogen and oxygen atoms in total. The Kier molecular flexibility index (Phi) is 5.00. The van der Waals surface area contributed by atoms with Crippen molar-refractivity contribution in [2.75, 3.05) is 26.7 Å². The van der Waals surface area contributed by atoms with Crippen LogP contribution in [0.15, 0.2) is 10.9 Å². The van der Waals surface area contributed by atoms with E-state index in [-0.39, 0.29) is 16.9 Å². The van der Waals surface area contributed by atoms with Crippen LogP contribution in [0.4, 0.5) is 0 Å². The summed E-state index contributed by atoms with van der Waals surface area (Å²) >= 11 is 0. The van der Waals surface area contributed by atoms with E-state index in [1.54, 1.807) is 6.07 Å². The van der Waals surface area contributed by atoms with Crippen LogP contribution in [0.5, 0.6) is 0 Å². The largest absolute Gasteiger partial charge is 0.341 e. The molecule has 1 aromatic rings.